The molecule has 0 aromatic heterocycles. The maximum Gasteiger partial charge on any atom is 0.255 e. The monoisotopic (exact) mass is 422 g/mol. The topological polar surface area (TPSA) is 72.6 Å². The molecule has 0 atom stereocenters. The van der Waals surface area contributed by atoms with Crippen LogP contribution in [0.4, 0.5) is 0 Å². The fourth-order valence-electron chi connectivity index (χ4n) is 2.58. The van der Waals surface area contributed by atoms with Gasteiger partial charge in [-0.25, -0.2) is 0 Å². The van der Waals surface area contributed by atoms with E-state index in [1.807, 2.05) is 24.3 Å². The highest BCUT2D eigenvalue weighted by molar-refractivity contribution is 14.1. The number of rotatable bonds is 2. The van der Waals surface area contributed by atoms with Gasteiger partial charge < -0.3 is 15.4 Å². The van der Waals surface area contributed by atoms with Crippen LogP contribution < -0.4 is 10.5 Å². The molecule has 0 radical (unpaired) electrons. The molecule has 23 heavy (non-hydrogen) atoms. The molecule has 0 bridgehead atoms. The lowest BCUT2D eigenvalue weighted by Gasteiger charge is -2.21. The lowest BCUT2D eigenvalue weighted by Crippen LogP contribution is -2.34. The summed E-state index contributed by atoms with van der Waals surface area (Å²) in [5, 5.41) is 0. The van der Waals surface area contributed by atoms with Crippen molar-refractivity contribution in [3.05, 3.63) is 62.7 Å². The largest absolute Gasteiger partial charge is 0.491 e. The molecule has 0 unspecified atom stereocenters. The molecule has 1 aliphatic heterocycles. The van der Waals surface area contributed by atoms with E-state index >= 15 is 0 Å². The van der Waals surface area contributed by atoms with Crippen LogP contribution in [0.15, 0.2) is 42.5 Å². The minimum Gasteiger partial charge on any atom is -0.491 e. The van der Waals surface area contributed by atoms with Crippen LogP contribution in [0.1, 0.15) is 26.3 Å². The molecule has 0 aliphatic carbocycles. The van der Waals surface area contributed by atoms with Crippen molar-refractivity contribution in [2.75, 3.05) is 13.2 Å². The third-order valence-corrected chi connectivity index (χ3v) is 4.39. The molecular formula is C17H15IN2O3. The maximum atomic E-state index is 12.9. The molecule has 0 spiro atoms. The molecule has 1 heterocycles. The van der Waals surface area contributed by atoms with Crippen molar-refractivity contribution in [1.29, 1.82) is 0 Å². The lowest BCUT2D eigenvalue weighted by molar-refractivity contribution is 0.0728. The van der Waals surface area contributed by atoms with Gasteiger partial charge in [0, 0.05) is 15.7 Å². The lowest BCUT2D eigenvalue weighted by atomic mass is 10.1. The number of hydrogen-bond donors (Lipinski definition) is 1. The summed E-state index contributed by atoms with van der Waals surface area (Å²) < 4.78 is 6.53. The molecule has 0 saturated carbocycles. The van der Waals surface area contributed by atoms with Gasteiger partial charge in [0.25, 0.3) is 5.91 Å². The minimum atomic E-state index is -0.599. The zero-order valence-corrected chi connectivity index (χ0v) is 14.4. The van der Waals surface area contributed by atoms with Gasteiger partial charge in [0.05, 0.1) is 17.7 Å². The summed E-state index contributed by atoms with van der Waals surface area (Å²) in [4.78, 5) is 26.2. The average Bonchev–Trinajstić information content (AvgIpc) is 2.76. The molecule has 0 saturated heterocycles. The van der Waals surface area contributed by atoms with Crippen molar-refractivity contribution in [3.63, 3.8) is 0 Å². The first-order valence-corrected chi connectivity index (χ1v) is 8.23. The van der Waals surface area contributed by atoms with Crippen LogP contribution in [-0.2, 0) is 6.54 Å². The number of nitrogens with zero attached hydrogens (tertiary/aromatic N) is 1. The molecule has 2 N–H and O–H groups in total. The van der Waals surface area contributed by atoms with Crippen LogP contribution in [0.3, 0.4) is 0 Å². The van der Waals surface area contributed by atoms with Gasteiger partial charge in [0.2, 0.25) is 5.91 Å². The highest BCUT2D eigenvalue weighted by atomic mass is 127. The maximum absolute atomic E-state index is 12.9. The second-order valence-corrected chi connectivity index (χ2v) is 6.48. The van der Waals surface area contributed by atoms with Crippen LogP contribution >= 0.6 is 22.6 Å². The molecular weight excluding hydrogens is 407 g/mol. The van der Waals surface area contributed by atoms with E-state index in [2.05, 4.69) is 22.6 Å². The van der Waals surface area contributed by atoms with Gasteiger partial charge in [-0.1, -0.05) is 18.2 Å². The van der Waals surface area contributed by atoms with Gasteiger partial charge >= 0.3 is 0 Å². The number of benzene rings is 2. The third kappa shape index (κ3) is 3.31. The molecule has 3 rings (SSSR count). The first-order chi connectivity index (χ1) is 11.1. The van der Waals surface area contributed by atoms with E-state index in [0.29, 0.717) is 25.3 Å². The molecule has 0 fully saturated rings. The van der Waals surface area contributed by atoms with E-state index in [4.69, 9.17) is 10.5 Å². The number of amides is 2. The Bertz CT molecular complexity index is 776. The van der Waals surface area contributed by atoms with Crippen molar-refractivity contribution in [3.8, 4) is 5.75 Å². The Balaban J connectivity index is 1.93. The second kappa shape index (κ2) is 6.57. The van der Waals surface area contributed by atoms with Crippen LogP contribution in [0.2, 0.25) is 0 Å². The molecule has 118 valence electrons. The summed E-state index contributed by atoms with van der Waals surface area (Å²) in [6.07, 6.45) is 0. The summed E-state index contributed by atoms with van der Waals surface area (Å²) in [6.45, 7) is 1.32. The predicted molar refractivity (Wildman–Crippen MR) is 94.4 cm³/mol. The van der Waals surface area contributed by atoms with E-state index in [1.165, 1.54) is 0 Å². The predicted octanol–water partition coefficient (Wildman–Crippen LogP) is 2.42. The summed E-state index contributed by atoms with van der Waals surface area (Å²) in [5.74, 6) is -0.0191. The van der Waals surface area contributed by atoms with Crippen molar-refractivity contribution in [1.82, 2.24) is 4.90 Å². The summed E-state index contributed by atoms with van der Waals surface area (Å²) in [7, 11) is 0. The summed E-state index contributed by atoms with van der Waals surface area (Å²) in [5.41, 5.74) is 6.95. The molecule has 1 aliphatic rings. The number of ether oxygens (including phenoxy) is 1. The Morgan fingerprint density at radius 2 is 1.91 bits per heavy atom. The number of nitrogens with two attached hydrogens (primary N) is 1. The molecule has 5 nitrogen and oxygen atoms in total. The Morgan fingerprint density at radius 3 is 2.70 bits per heavy atom. The van der Waals surface area contributed by atoms with Crippen LogP contribution in [0, 0.1) is 3.57 Å². The quantitative estimate of drug-likeness (QED) is 0.756. The highest BCUT2D eigenvalue weighted by Gasteiger charge is 2.24. The SMILES string of the molecule is NC(=O)c1cc(I)ccc1C(=O)N1CCOc2ccccc2C1. The van der Waals surface area contributed by atoms with Gasteiger partial charge in [-0.3, -0.25) is 9.59 Å². The van der Waals surface area contributed by atoms with Crippen molar-refractivity contribution < 1.29 is 14.3 Å². The molecule has 2 aromatic rings. The van der Waals surface area contributed by atoms with Gasteiger partial charge in [-0.2, -0.15) is 0 Å². The van der Waals surface area contributed by atoms with E-state index in [0.717, 1.165) is 14.9 Å². The smallest absolute Gasteiger partial charge is 0.255 e. The number of hydrogen-bond acceptors (Lipinski definition) is 3. The van der Waals surface area contributed by atoms with E-state index in [-0.39, 0.29) is 11.5 Å². The summed E-state index contributed by atoms with van der Waals surface area (Å²) in [6, 6.07) is 12.7. The van der Waals surface area contributed by atoms with E-state index in [1.54, 1.807) is 23.1 Å². The fourth-order valence-corrected chi connectivity index (χ4v) is 3.07. The number of halogens is 1. The van der Waals surface area contributed by atoms with Crippen LogP contribution in [-0.4, -0.2) is 29.9 Å². The minimum absolute atomic E-state index is 0.212. The molecule has 6 heteroatoms. The highest BCUT2D eigenvalue weighted by Crippen LogP contribution is 2.24. The number of carbonyl (C=O) groups excluding carboxylic acids is 2. The van der Waals surface area contributed by atoms with Crippen molar-refractivity contribution in [2.24, 2.45) is 5.73 Å². The molecule has 2 amide bonds. The normalized spacial score (nSPS) is 13.7. The standard InChI is InChI=1S/C17H15IN2O3/c18-12-5-6-13(14(9-12)16(19)21)17(22)20-7-8-23-15-4-2-1-3-11(15)10-20/h1-6,9H,7-8,10H2,(H2,19,21). The summed E-state index contributed by atoms with van der Waals surface area (Å²) >= 11 is 2.09. The van der Waals surface area contributed by atoms with Gasteiger partial charge in [-0.15, -0.1) is 0 Å². The van der Waals surface area contributed by atoms with Gasteiger partial charge in [0.1, 0.15) is 12.4 Å². The number of fused-ring (bicyclic) bond motifs is 1. The van der Waals surface area contributed by atoms with E-state index < -0.39 is 5.91 Å². The molecule has 2 aromatic carbocycles. The van der Waals surface area contributed by atoms with E-state index in [9.17, 15) is 9.59 Å². The number of carbonyl (C=O) groups is 2. The van der Waals surface area contributed by atoms with Gasteiger partial charge in [0.15, 0.2) is 0 Å². The fraction of sp³-hybridized carbons (Fsp3) is 0.176. The van der Waals surface area contributed by atoms with Crippen LogP contribution in [0.25, 0.3) is 0 Å². The average molecular weight is 422 g/mol. The zero-order chi connectivity index (χ0) is 16.4. The Labute approximate surface area is 147 Å². The first kappa shape index (κ1) is 15.8. The van der Waals surface area contributed by atoms with Crippen molar-refractivity contribution in [2.45, 2.75) is 6.54 Å². The Kier molecular flexibility index (Phi) is 4.51. The van der Waals surface area contributed by atoms with Gasteiger partial charge in [-0.05, 0) is 46.9 Å². The Morgan fingerprint density at radius 1 is 1.13 bits per heavy atom. The van der Waals surface area contributed by atoms with Crippen molar-refractivity contribution >= 4 is 34.4 Å². The number of primary amides is 1. The Hall–Kier alpha value is -2.09. The zero-order valence-electron chi connectivity index (χ0n) is 12.3. The second-order valence-electron chi connectivity index (χ2n) is 5.24. The number of para-hydroxylation sites is 1. The third-order valence-electron chi connectivity index (χ3n) is 3.72. The first-order valence-electron chi connectivity index (χ1n) is 7.15. The van der Waals surface area contributed by atoms with Crippen LogP contribution in [0.5, 0.6) is 5.75 Å².